The van der Waals surface area contributed by atoms with E-state index in [9.17, 15) is 4.79 Å². The van der Waals surface area contributed by atoms with Crippen molar-refractivity contribution in [3.05, 3.63) is 24.3 Å². The van der Waals surface area contributed by atoms with Crippen LogP contribution in [-0.2, 0) is 4.79 Å². The van der Waals surface area contributed by atoms with Gasteiger partial charge in [-0.15, -0.1) is 11.8 Å². The SMILES string of the molecule is CCCC(C)(N)C(=O)Nc1ccc(SC(C)(C)C)cc1. The first-order valence-corrected chi connectivity index (χ1v) is 7.85. The van der Waals surface area contributed by atoms with Crippen LogP contribution in [-0.4, -0.2) is 16.2 Å². The number of carbonyl (C=O) groups is 1. The number of carbonyl (C=O) groups excluding carboxylic acids is 1. The van der Waals surface area contributed by atoms with E-state index in [4.69, 9.17) is 5.73 Å². The van der Waals surface area contributed by atoms with Gasteiger partial charge in [0.25, 0.3) is 0 Å². The van der Waals surface area contributed by atoms with Crippen LogP contribution in [0.4, 0.5) is 5.69 Å². The summed E-state index contributed by atoms with van der Waals surface area (Å²) in [6.07, 6.45) is 1.57. The Morgan fingerprint density at radius 3 is 2.20 bits per heavy atom. The van der Waals surface area contributed by atoms with Crippen molar-refractivity contribution in [2.45, 2.75) is 62.6 Å². The second kappa shape index (κ2) is 6.64. The molecule has 3 N–H and O–H groups in total. The minimum absolute atomic E-state index is 0.129. The lowest BCUT2D eigenvalue weighted by atomic mass is 9.96. The maximum absolute atomic E-state index is 12.1. The maximum Gasteiger partial charge on any atom is 0.244 e. The third kappa shape index (κ3) is 5.55. The molecule has 4 heteroatoms. The summed E-state index contributed by atoms with van der Waals surface area (Å²) in [7, 11) is 0. The molecule has 1 aromatic carbocycles. The lowest BCUT2D eigenvalue weighted by molar-refractivity contribution is -0.120. The molecule has 0 bridgehead atoms. The van der Waals surface area contributed by atoms with Crippen LogP contribution >= 0.6 is 11.8 Å². The van der Waals surface area contributed by atoms with E-state index in [-0.39, 0.29) is 10.7 Å². The summed E-state index contributed by atoms with van der Waals surface area (Å²) in [5.41, 5.74) is 6.00. The zero-order valence-electron chi connectivity index (χ0n) is 13.1. The maximum atomic E-state index is 12.1. The molecule has 1 rings (SSSR count). The van der Waals surface area contributed by atoms with E-state index in [1.54, 1.807) is 18.7 Å². The second-order valence-electron chi connectivity index (χ2n) is 6.36. The lowest BCUT2D eigenvalue weighted by Gasteiger charge is -2.23. The molecule has 0 saturated heterocycles. The van der Waals surface area contributed by atoms with E-state index < -0.39 is 5.54 Å². The normalized spacial score (nSPS) is 14.7. The fraction of sp³-hybridized carbons (Fsp3) is 0.562. The Labute approximate surface area is 126 Å². The van der Waals surface area contributed by atoms with Crippen molar-refractivity contribution in [3.8, 4) is 0 Å². The molecule has 0 saturated carbocycles. The van der Waals surface area contributed by atoms with Crippen molar-refractivity contribution in [2.75, 3.05) is 5.32 Å². The molecule has 1 unspecified atom stereocenters. The average Bonchev–Trinajstić information content (AvgIpc) is 2.29. The van der Waals surface area contributed by atoms with Gasteiger partial charge in [0.15, 0.2) is 0 Å². The predicted molar refractivity (Wildman–Crippen MR) is 88.2 cm³/mol. The number of nitrogens with one attached hydrogen (secondary N) is 1. The molecule has 0 aliphatic rings. The van der Waals surface area contributed by atoms with E-state index in [0.29, 0.717) is 6.42 Å². The Kier molecular flexibility index (Phi) is 5.66. The van der Waals surface area contributed by atoms with Crippen LogP contribution in [0.25, 0.3) is 0 Å². The minimum atomic E-state index is -0.812. The van der Waals surface area contributed by atoms with Crippen molar-refractivity contribution >= 4 is 23.4 Å². The molecule has 0 heterocycles. The van der Waals surface area contributed by atoms with Crippen LogP contribution in [0.15, 0.2) is 29.2 Å². The van der Waals surface area contributed by atoms with E-state index in [2.05, 4.69) is 26.1 Å². The molecular weight excluding hydrogens is 268 g/mol. The molecular formula is C16H26N2OS. The van der Waals surface area contributed by atoms with Crippen molar-refractivity contribution in [3.63, 3.8) is 0 Å². The molecule has 3 nitrogen and oxygen atoms in total. The van der Waals surface area contributed by atoms with E-state index in [0.717, 1.165) is 12.1 Å². The number of nitrogens with two attached hydrogens (primary N) is 1. The monoisotopic (exact) mass is 294 g/mol. The Morgan fingerprint density at radius 1 is 1.20 bits per heavy atom. The van der Waals surface area contributed by atoms with Crippen LogP contribution in [0.2, 0.25) is 0 Å². The van der Waals surface area contributed by atoms with Gasteiger partial charge >= 0.3 is 0 Å². The summed E-state index contributed by atoms with van der Waals surface area (Å²) in [5.74, 6) is -0.129. The highest BCUT2D eigenvalue weighted by atomic mass is 32.2. The zero-order valence-corrected chi connectivity index (χ0v) is 13.9. The Bertz CT molecular complexity index is 447. The standard InChI is InChI=1S/C16H26N2OS/c1-6-11-16(5,17)14(19)18-12-7-9-13(10-8-12)20-15(2,3)4/h7-10H,6,11,17H2,1-5H3,(H,18,19). The van der Waals surface area contributed by atoms with Gasteiger partial charge in [0, 0.05) is 15.3 Å². The van der Waals surface area contributed by atoms with E-state index in [1.165, 1.54) is 4.90 Å². The topological polar surface area (TPSA) is 55.1 Å². The third-order valence-corrected chi connectivity index (χ3v) is 3.94. The highest BCUT2D eigenvalue weighted by Gasteiger charge is 2.27. The predicted octanol–water partition coefficient (Wildman–Crippen LogP) is 4.03. The molecule has 0 fully saturated rings. The van der Waals surface area contributed by atoms with Gasteiger partial charge in [0.1, 0.15) is 0 Å². The van der Waals surface area contributed by atoms with Gasteiger partial charge in [-0.05, 0) is 37.6 Å². The first-order chi connectivity index (χ1) is 9.14. The highest BCUT2D eigenvalue weighted by molar-refractivity contribution is 8.00. The minimum Gasteiger partial charge on any atom is -0.325 e. The Morgan fingerprint density at radius 2 is 1.75 bits per heavy atom. The summed E-state index contributed by atoms with van der Waals surface area (Å²) in [5, 5.41) is 2.88. The van der Waals surface area contributed by atoms with Crippen molar-refractivity contribution in [2.24, 2.45) is 5.73 Å². The van der Waals surface area contributed by atoms with Gasteiger partial charge in [-0.1, -0.05) is 34.1 Å². The molecule has 0 aliphatic carbocycles. The molecule has 0 radical (unpaired) electrons. The average molecular weight is 294 g/mol. The van der Waals surface area contributed by atoms with Crippen LogP contribution in [0, 0.1) is 0 Å². The number of rotatable bonds is 5. The Balaban J connectivity index is 2.68. The van der Waals surface area contributed by atoms with E-state index in [1.807, 2.05) is 31.2 Å². The van der Waals surface area contributed by atoms with Gasteiger partial charge in [-0.3, -0.25) is 4.79 Å². The number of benzene rings is 1. The Hall–Kier alpha value is -1.00. The van der Waals surface area contributed by atoms with E-state index >= 15 is 0 Å². The van der Waals surface area contributed by atoms with Crippen LogP contribution < -0.4 is 11.1 Å². The highest BCUT2D eigenvalue weighted by Crippen LogP contribution is 2.32. The molecule has 112 valence electrons. The number of anilines is 1. The number of thioether (sulfide) groups is 1. The molecule has 1 amide bonds. The van der Waals surface area contributed by atoms with Crippen LogP contribution in [0.1, 0.15) is 47.5 Å². The molecule has 20 heavy (non-hydrogen) atoms. The first-order valence-electron chi connectivity index (χ1n) is 7.03. The summed E-state index contributed by atoms with van der Waals surface area (Å²) in [4.78, 5) is 13.3. The summed E-state index contributed by atoms with van der Waals surface area (Å²) in [6, 6.07) is 7.90. The summed E-state index contributed by atoms with van der Waals surface area (Å²) in [6.45, 7) is 10.3. The molecule has 1 atom stereocenters. The van der Waals surface area contributed by atoms with Crippen LogP contribution in [0.3, 0.4) is 0 Å². The quantitative estimate of drug-likeness (QED) is 0.806. The molecule has 1 aromatic rings. The first kappa shape index (κ1) is 17.1. The third-order valence-electron chi connectivity index (χ3n) is 2.82. The van der Waals surface area contributed by atoms with Crippen molar-refractivity contribution < 1.29 is 4.79 Å². The number of hydrogen-bond donors (Lipinski definition) is 2. The fourth-order valence-corrected chi connectivity index (χ4v) is 2.85. The van der Waals surface area contributed by atoms with Crippen molar-refractivity contribution in [1.82, 2.24) is 0 Å². The second-order valence-corrected chi connectivity index (χ2v) is 8.26. The smallest absolute Gasteiger partial charge is 0.244 e. The lowest BCUT2D eigenvalue weighted by Crippen LogP contribution is -2.48. The number of hydrogen-bond acceptors (Lipinski definition) is 3. The summed E-state index contributed by atoms with van der Waals surface area (Å²) < 4.78 is 0.182. The molecule has 0 aliphatic heterocycles. The fourth-order valence-electron chi connectivity index (χ4n) is 1.87. The van der Waals surface area contributed by atoms with Gasteiger partial charge in [-0.25, -0.2) is 0 Å². The van der Waals surface area contributed by atoms with Gasteiger partial charge in [0.05, 0.1) is 5.54 Å². The molecule has 0 spiro atoms. The van der Waals surface area contributed by atoms with Gasteiger partial charge < -0.3 is 11.1 Å². The zero-order chi connectivity index (χ0) is 15.4. The van der Waals surface area contributed by atoms with Gasteiger partial charge in [-0.2, -0.15) is 0 Å². The van der Waals surface area contributed by atoms with Crippen LogP contribution in [0.5, 0.6) is 0 Å². The molecule has 0 aromatic heterocycles. The largest absolute Gasteiger partial charge is 0.325 e. The van der Waals surface area contributed by atoms with Gasteiger partial charge in [0.2, 0.25) is 5.91 Å². The summed E-state index contributed by atoms with van der Waals surface area (Å²) >= 11 is 1.80. The van der Waals surface area contributed by atoms with Crippen molar-refractivity contribution in [1.29, 1.82) is 0 Å². The number of amides is 1.